The molecule has 5 rings (SSSR count). The number of imidazole rings is 1. The minimum Gasteiger partial charge on any atom is -0.310 e. The summed E-state index contributed by atoms with van der Waals surface area (Å²) in [6, 6.07) is 24.0. The molecule has 4 aromatic rings. The first-order valence-electron chi connectivity index (χ1n) is 8.99. The lowest BCUT2D eigenvalue weighted by molar-refractivity contribution is 0.103. The molecule has 0 radical (unpaired) electrons. The van der Waals surface area contributed by atoms with Crippen molar-refractivity contribution >= 4 is 28.6 Å². The second kappa shape index (κ2) is 6.39. The lowest BCUT2D eigenvalue weighted by Gasteiger charge is -2.14. The highest BCUT2D eigenvalue weighted by atomic mass is 32.2. The molecule has 2 heterocycles. The summed E-state index contributed by atoms with van der Waals surface area (Å²) in [6.07, 6.45) is 0. The summed E-state index contributed by atoms with van der Waals surface area (Å²) in [7, 11) is 0. The van der Waals surface area contributed by atoms with Crippen LogP contribution in [0.25, 0.3) is 11.0 Å². The molecule has 132 valence electrons. The first-order valence-corrected chi connectivity index (χ1v) is 10.0. The van der Waals surface area contributed by atoms with E-state index >= 15 is 0 Å². The third-order valence-electron chi connectivity index (χ3n) is 5.03. The summed E-state index contributed by atoms with van der Waals surface area (Å²) >= 11 is 1.88. The highest BCUT2D eigenvalue weighted by Gasteiger charge is 2.28. The summed E-state index contributed by atoms with van der Waals surface area (Å²) < 4.78 is 2.28. The smallest absolute Gasteiger partial charge is 0.193 e. The average Bonchev–Trinajstić information content (AvgIpc) is 3.28. The van der Waals surface area contributed by atoms with E-state index in [4.69, 9.17) is 4.98 Å². The number of carbonyl (C=O) groups is 1. The largest absolute Gasteiger partial charge is 0.310 e. The SMILES string of the molecule is Cc1ccc(C2SCc3nc4ccc(C(=O)c5ccccc5)cc4n32)cc1. The van der Waals surface area contributed by atoms with Crippen LogP contribution in [0.4, 0.5) is 0 Å². The van der Waals surface area contributed by atoms with Gasteiger partial charge < -0.3 is 4.57 Å². The van der Waals surface area contributed by atoms with Crippen LogP contribution in [0.5, 0.6) is 0 Å². The Hall–Kier alpha value is -2.85. The van der Waals surface area contributed by atoms with E-state index in [0.29, 0.717) is 11.1 Å². The maximum Gasteiger partial charge on any atom is 0.193 e. The van der Waals surface area contributed by atoms with E-state index in [9.17, 15) is 4.79 Å². The van der Waals surface area contributed by atoms with Crippen molar-refractivity contribution < 1.29 is 4.79 Å². The number of thioether (sulfide) groups is 1. The van der Waals surface area contributed by atoms with Gasteiger partial charge in [-0.25, -0.2) is 4.98 Å². The van der Waals surface area contributed by atoms with Gasteiger partial charge in [0.15, 0.2) is 5.78 Å². The van der Waals surface area contributed by atoms with E-state index in [0.717, 1.165) is 22.6 Å². The van der Waals surface area contributed by atoms with Crippen LogP contribution in [-0.2, 0) is 5.75 Å². The summed E-state index contributed by atoms with van der Waals surface area (Å²) in [4.78, 5) is 17.7. The molecule has 27 heavy (non-hydrogen) atoms. The molecule has 0 N–H and O–H groups in total. The minimum absolute atomic E-state index is 0.0468. The molecule has 0 saturated heterocycles. The standard InChI is InChI=1S/C23H18N2OS/c1-15-7-9-17(10-8-15)23-25-20-13-18(22(26)16-5-3-2-4-6-16)11-12-19(20)24-21(25)14-27-23/h2-13,23H,14H2,1H3. The zero-order valence-corrected chi connectivity index (χ0v) is 15.7. The van der Waals surface area contributed by atoms with Gasteiger partial charge in [-0.15, -0.1) is 11.8 Å². The fraction of sp³-hybridized carbons (Fsp3) is 0.130. The number of carbonyl (C=O) groups excluding carboxylic acids is 1. The van der Waals surface area contributed by atoms with Gasteiger partial charge >= 0.3 is 0 Å². The van der Waals surface area contributed by atoms with Crippen LogP contribution in [0.1, 0.15) is 38.2 Å². The second-order valence-electron chi connectivity index (χ2n) is 6.87. The summed E-state index contributed by atoms with van der Waals surface area (Å²) in [5.41, 5.74) is 5.92. The van der Waals surface area contributed by atoms with Gasteiger partial charge in [-0.1, -0.05) is 60.2 Å². The van der Waals surface area contributed by atoms with Crippen LogP contribution < -0.4 is 0 Å². The third-order valence-corrected chi connectivity index (χ3v) is 6.25. The minimum atomic E-state index is 0.0468. The van der Waals surface area contributed by atoms with Crippen molar-refractivity contribution in [3.63, 3.8) is 0 Å². The normalized spacial score (nSPS) is 15.8. The van der Waals surface area contributed by atoms with E-state index in [-0.39, 0.29) is 11.2 Å². The van der Waals surface area contributed by atoms with Gasteiger partial charge in [0, 0.05) is 11.1 Å². The molecule has 0 aliphatic carbocycles. The monoisotopic (exact) mass is 370 g/mol. The Morgan fingerprint density at radius 3 is 2.56 bits per heavy atom. The Morgan fingerprint density at radius 2 is 1.78 bits per heavy atom. The number of aromatic nitrogens is 2. The van der Waals surface area contributed by atoms with Gasteiger partial charge in [-0.3, -0.25) is 4.79 Å². The van der Waals surface area contributed by atoms with Crippen molar-refractivity contribution in [2.75, 3.05) is 0 Å². The summed E-state index contributed by atoms with van der Waals surface area (Å²) in [5.74, 6) is 2.00. The zero-order chi connectivity index (χ0) is 18.4. The summed E-state index contributed by atoms with van der Waals surface area (Å²) in [6.45, 7) is 2.10. The van der Waals surface area contributed by atoms with E-state index in [1.54, 1.807) is 0 Å². The maximum absolute atomic E-state index is 12.9. The predicted octanol–water partition coefficient (Wildman–Crippen LogP) is 5.37. The first kappa shape index (κ1) is 16.3. The fourth-order valence-electron chi connectivity index (χ4n) is 3.61. The first-order chi connectivity index (χ1) is 13.2. The van der Waals surface area contributed by atoms with Crippen LogP contribution in [0, 0.1) is 6.92 Å². The number of ketones is 1. The zero-order valence-electron chi connectivity index (χ0n) is 14.9. The number of rotatable bonds is 3. The van der Waals surface area contributed by atoms with Crippen molar-refractivity contribution in [1.29, 1.82) is 0 Å². The lowest BCUT2D eigenvalue weighted by atomic mass is 10.0. The van der Waals surface area contributed by atoms with Crippen molar-refractivity contribution in [2.45, 2.75) is 18.1 Å². The molecule has 3 aromatic carbocycles. The van der Waals surface area contributed by atoms with Crippen molar-refractivity contribution in [3.8, 4) is 0 Å². The molecule has 1 atom stereocenters. The number of hydrogen-bond donors (Lipinski definition) is 0. The molecule has 1 aliphatic heterocycles. The number of nitrogens with zero attached hydrogens (tertiary/aromatic N) is 2. The van der Waals surface area contributed by atoms with E-state index in [2.05, 4.69) is 35.8 Å². The number of hydrogen-bond acceptors (Lipinski definition) is 3. The third kappa shape index (κ3) is 2.77. The van der Waals surface area contributed by atoms with Gasteiger partial charge in [-0.05, 0) is 30.7 Å². The highest BCUT2D eigenvalue weighted by molar-refractivity contribution is 7.99. The Labute approximate surface area is 162 Å². The van der Waals surface area contributed by atoms with Crippen LogP contribution in [-0.4, -0.2) is 15.3 Å². The maximum atomic E-state index is 12.9. The van der Waals surface area contributed by atoms with Crippen molar-refractivity contribution in [3.05, 3.63) is 101 Å². The molecule has 0 saturated carbocycles. The molecule has 0 amide bonds. The molecule has 0 bridgehead atoms. The van der Waals surface area contributed by atoms with E-state index in [1.165, 1.54) is 11.1 Å². The molecular formula is C23H18N2OS. The van der Waals surface area contributed by atoms with Crippen molar-refractivity contribution in [1.82, 2.24) is 9.55 Å². The van der Waals surface area contributed by atoms with Gasteiger partial charge in [0.2, 0.25) is 0 Å². The highest BCUT2D eigenvalue weighted by Crippen LogP contribution is 2.42. The van der Waals surface area contributed by atoms with Crippen LogP contribution in [0.2, 0.25) is 0 Å². The predicted molar refractivity (Wildman–Crippen MR) is 110 cm³/mol. The van der Waals surface area contributed by atoms with Gasteiger partial charge in [-0.2, -0.15) is 0 Å². The van der Waals surface area contributed by atoms with Crippen LogP contribution >= 0.6 is 11.8 Å². The lowest BCUT2D eigenvalue weighted by Crippen LogP contribution is -2.05. The molecular weight excluding hydrogens is 352 g/mol. The van der Waals surface area contributed by atoms with Gasteiger partial charge in [0.05, 0.1) is 16.8 Å². The fourth-order valence-corrected chi connectivity index (χ4v) is 4.85. The van der Waals surface area contributed by atoms with Crippen LogP contribution in [0.3, 0.4) is 0 Å². The molecule has 1 aromatic heterocycles. The van der Waals surface area contributed by atoms with Gasteiger partial charge in [0.25, 0.3) is 0 Å². The molecule has 1 unspecified atom stereocenters. The Morgan fingerprint density at radius 1 is 1.00 bits per heavy atom. The molecule has 1 aliphatic rings. The second-order valence-corrected chi connectivity index (χ2v) is 7.94. The number of benzene rings is 3. The van der Waals surface area contributed by atoms with Crippen LogP contribution in [0.15, 0.2) is 72.8 Å². The summed E-state index contributed by atoms with van der Waals surface area (Å²) in [5, 5.41) is 0.202. The average molecular weight is 370 g/mol. The molecule has 4 heteroatoms. The molecule has 0 spiro atoms. The molecule has 3 nitrogen and oxygen atoms in total. The Balaban J connectivity index is 1.61. The van der Waals surface area contributed by atoms with E-state index < -0.39 is 0 Å². The Bertz CT molecular complexity index is 1150. The van der Waals surface area contributed by atoms with E-state index in [1.807, 2.05) is 60.3 Å². The van der Waals surface area contributed by atoms with Crippen molar-refractivity contribution in [2.24, 2.45) is 0 Å². The quantitative estimate of drug-likeness (QED) is 0.455. The number of aryl methyl sites for hydroxylation is 1. The van der Waals surface area contributed by atoms with Gasteiger partial charge in [0.1, 0.15) is 11.2 Å². The Kier molecular flexibility index (Phi) is 3.87. The topological polar surface area (TPSA) is 34.9 Å². The number of fused-ring (bicyclic) bond motifs is 3. The molecule has 0 fully saturated rings.